The lowest BCUT2D eigenvalue weighted by molar-refractivity contribution is 0.281. The third-order valence-electron chi connectivity index (χ3n) is 3.38. The van der Waals surface area contributed by atoms with Crippen LogP contribution in [0.4, 0.5) is 0 Å². The minimum absolute atomic E-state index is 0.209. The van der Waals surface area contributed by atoms with E-state index in [0.29, 0.717) is 5.92 Å². The molecule has 0 spiro atoms. The summed E-state index contributed by atoms with van der Waals surface area (Å²) in [6.45, 7) is 0.209. The molecule has 1 saturated carbocycles. The van der Waals surface area contributed by atoms with Crippen molar-refractivity contribution in [3.05, 3.63) is 17.8 Å². The summed E-state index contributed by atoms with van der Waals surface area (Å²) in [6.07, 6.45) is 11.2. The fourth-order valence-corrected chi connectivity index (χ4v) is 2.42. The molecule has 1 aliphatic rings. The number of aromatic nitrogens is 1. The molecular formula is C13H21NO2. The van der Waals surface area contributed by atoms with Crippen molar-refractivity contribution in [2.24, 2.45) is 0 Å². The molecule has 16 heavy (non-hydrogen) atoms. The van der Waals surface area contributed by atoms with Crippen molar-refractivity contribution in [1.29, 1.82) is 0 Å². The van der Waals surface area contributed by atoms with E-state index in [0.717, 1.165) is 24.5 Å². The normalized spacial score (nSPS) is 18.6. The predicted molar refractivity (Wildman–Crippen MR) is 62.4 cm³/mol. The zero-order valence-electron chi connectivity index (χ0n) is 9.82. The van der Waals surface area contributed by atoms with E-state index in [1.54, 1.807) is 0 Å². The van der Waals surface area contributed by atoms with Crippen LogP contribution >= 0.6 is 0 Å². The maximum Gasteiger partial charge on any atom is 0.194 e. The van der Waals surface area contributed by atoms with Gasteiger partial charge in [0.05, 0.1) is 6.20 Å². The summed E-state index contributed by atoms with van der Waals surface area (Å²) in [5.74, 6) is 2.43. The fraction of sp³-hybridized carbons (Fsp3) is 0.769. The number of aryl methyl sites for hydroxylation is 1. The molecule has 1 aromatic heterocycles. The van der Waals surface area contributed by atoms with Crippen molar-refractivity contribution in [2.45, 2.75) is 57.3 Å². The molecular weight excluding hydrogens is 202 g/mol. The number of oxazole rings is 1. The predicted octanol–water partition coefficient (Wildman–Crippen LogP) is 3.04. The number of aliphatic hydroxyl groups excluding tert-OH is 1. The highest BCUT2D eigenvalue weighted by Gasteiger charge is 2.18. The van der Waals surface area contributed by atoms with Gasteiger partial charge in [0.25, 0.3) is 0 Å². The molecule has 0 radical (unpaired) electrons. The fourth-order valence-electron chi connectivity index (χ4n) is 2.42. The molecule has 0 aromatic carbocycles. The van der Waals surface area contributed by atoms with Crippen molar-refractivity contribution in [2.75, 3.05) is 6.61 Å². The lowest BCUT2D eigenvalue weighted by Crippen LogP contribution is -1.95. The summed E-state index contributed by atoms with van der Waals surface area (Å²) in [5, 5.41) is 8.75. The molecule has 1 N–H and O–H groups in total. The lowest BCUT2D eigenvalue weighted by atomic mass is 9.98. The second kappa shape index (κ2) is 6.04. The molecule has 0 aliphatic heterocycles. The van der Waals surface area contributed by atoms with E-state index in [9.17, 15) is 0 Å². The lowest BCUT2D eigenvalue weighted by Gasteiger charge is -2.09. The van der Waals surface area contributed by atoms with Crippen molar-refractivity contribution in [1.82, 2.24) is 4.98 Å². The summed E-state index contributed by atoms with van der Waals surface area (Å²) in [6, 6.07) is 0. The Hall–Kier alpha value is -0.830. The average Bonchev–Trinajstić information content (AvgIpc) is 2.60. The molecule has 3 heteroatoms. The summed E-state index contributed by atoms with van der Waals surface area (Å²) in [5.41, 5.74) is 0. The van der Waals surface area contributed by atoms with Crippen molar-refractivity contribution < 1.29 is 9.52 Å². The van der Waals surface area contributed by atoms with Crippen LogP contribution in [0.2, 0.25) is 0 Å². The van der Waals surface area contributed by atoms with E-state index in [4.69, 9.17) is 9.52 Å². The highest BCUT2D eigenvalue weighted by atomic mass is 16.4. The molecule has 0 atom stereocenters. The molecule has 1 heterocycles. The van der Waals surface area contributed by atoms with Gasteiger partial charge in [-0.15, -0.1) is 0 Å². The molecule has 90 valence electrons. The van der Waals surface area contributed by atoms with Gasteiger partial charge in [0, 0.05) is 18.9 Å². The van der Waals surface area contributed by atoms with Gasteiger partial charge in [0.15, 0.2) is 5.89 Å². The second-order valence-corrected chi connectivity index (χ2v) is 4.67. The Morgan fingerprint density at radius 3 is 2.69 bits per heavy atom. The third kappa shape index (κ3) is 3.08. The van der Waals surface area contributed by atoms with Gasteiger partial charge in [0.2, 0.25) is 0 Å². The van der Waals surface area contributed by atoms with Crippen molar-refractivity contribution >= 4 is 0 Å². The van der Waals surface area contributed by atoms with E-state index < -0.39 is 0 Å². The molecule has 1 aromatic rings. The number of rotatable bonds is 4. The summed E-state index contributed by atoms with van der Waals surface area (Å²) in [4.78, 5) is 4.28. The first-order valence-corrected chi connectivity index (χ1v) is 6.45. The second-order valence-electron chi connectivity index (χ2n) is 4.67. The third-order valence-corrected chi connectivity index (χ3v) is 3.38. The van der Waals surface area contributed by atoms with Crippen LogP contribution in [0, 0.1) is 0 Å². The Morgan fingerprint density at radius 1 is 1.25 bits per heavy atom. The topological polar surface area (TPSA) is 46.3 Å². The molecule has 0 amide bonds. The Bertz CT molecular complexity index is 301. The zero-order valence-corrected chi connectivity index (χ0v) is 9.82. The first-order chi connectivity index (χ1) is 7.90. The Labute approximate surface area is 96.9 Å². The SMILES string of the molecule is OCCCc1ncc(C2CCCCCC2)o1. The summed E-state index contributed by atoms with van der Waals surface area (Å²) in [7, 11) is 0. The van der Waals surface area contributed by atoms with Gasteiger partial charge in [0.1, 0.15) is 5.76 Å². The van der Waals surface area contributed by atoms with E-state index in [1.165, 1.54) is 38.5 Å². The van der Waals surface area contributed by atoms with E-state index in [-0.39, 0.29) is 6.61 Å². The van der Waals surface area contributed by atoms with Gasteiger partial charge < -0.3 is 9.52 Å². The standard InChI is InChI=1S/C13H21NO2/c15-9-5-8-13-14-10-12(16-13)11-6-3-1-2-4-7-11/h10-11,15H,1-9H2. The minimum Gasteiger partial charge on any atom is -0.445 e. The van der Waals surface area contributed by atoms with E-state index in [1.807, 2.05) is 6.20 Å². The zero-order chi connectivity index (χ0) is 11.2. The Balaban J connectivity index is 1.94. The van der Waals surface area contributed by atoms with Gasteiger partial charge >= 0.3 is 0 Å². The van der Waals surface area contributed by atoms with Gasteiger partial charge in [-0.3, -0.25) is 0 Å². The van der Waals surface area contributed by atoms with Crippen LogP contribution in [-0.2, 0) is 6.42 Å². The highest BCUT2D eigenvalue weighted by molar-refractivity contribution is 5.02. The summed E-state index contributed by atoms with van der Waals surface area (Å²) >= 11 is 0. The van der Waals surface area contributed by atoms with Crippen LogP contribution in [0.3, 0.4) is 0 Å². The smallest absolute Gasteiger partial charge is 0.194 e. The van der Waals surface area contributed by atoms with Gasteiger partial charge in [-0.2, -0.15) is 0 Å². The van der Waals surface area contributed by atoms with Gasteiger partial charge in [-0.05, 0) is 19.3 Å². The number of hydrogen-bond acceptors (Lipinski definition) is 3. The maximum absolute atomic E-state index is 8.75. The van der Waals surface area contributed by atoms with Crippen LogP contribution in [0.5, 0.6) is 0 Å². The number of aliphatic hydroxyl groups is 1. The molecule has 1 fully saturated rings. The largest absolute Gasteiger partial charge is 0.445 e. The molecule has 0 saturated heterocycles. The van der Waals surface area contributed by atoms with Crippen LogP contribution < -0.4 is 0 Å². The van der Waals surface area contributed by atoms with Gasteiger partial charge in [-0.25, -0.2) is 4.98 Å². The van der Waals surface area contributed by atoms with Crippen LogP contribution in [0.15, 0.2) is 10.6 Å². The van der Waals surface area contributed by atoms with E-state index >= 15 is 0 Å². The average molecular weight is 223 g/mol. The Kier molecular flexibility index (Phi) is 4.40. The maximum atomic E-state index is 8.75. The molecule has 3 nitrogen and oxygen atoms in total. The highest BCUT2D eigenvalue weighted by Crippen LogP contribution is 2.31. The van der Waals surface area contributed by atoms with Crippen LogP contribution in [0.1, 0.15) is 62.5 Å². The first kappa shape index (κ1) is 11.6. The molecule has 0 unspecified atom stereocenters. The van der Waals surface area contributed by atoms with Gasteiger partial charge in [-0.1, -0.05) is 25.7 Å². The van der Waals surface area contributed by atoms with Crippen LogP contribution in [-0.4, -0.2) is 16.7 Å². The Morgan fingerprint density at radius 2 is 2.00 bits per heavy atom. The monoisotopic (exact) mass is 223 g/mol. The minimum atomic E-state index is 0.209. The molecule has 1 aliphatic carbocycles. The molecule has 2 rings (SSSR count). The number of nitrogens with zero attached hydrogens (tertiary/aromatic N) is 1. The molecule has 0 bridgehead atoms. The first-order valence-electron chi connectivity index (χ1n) is 6.45. The quantitative estimate of drug-likeness (QED) is 0.798. The number of hydrogen-bond donors (Lipinski definition) is 1. The summed E-state index contributed by atoms with van der Waals surface area (Å²) < 4.78 is 5.76. The van der Waals surface area contributed by atoms with Crippen molar-refractivity contribution in [3.8, 4) is 0 Å². The van der Waals surface area contributed by atoms with E-state index in [2.05, 4.69) is 4.98 Å². The van der Waals surface area contributed by atoms with Crippen molar-refractivity contribution in [3.63, 3.8) is 0 Å². The van der Waals surface area contributed by atoms with Crippen LogP contribution in [0.25, 0.3) is 0 Å².